The molecule has 1 rings (SSSR count). The summed E-state index contributed by atoms with van der Waals surface area (Å²) in [7, 11) is 0. The number of ether oxygens (including phenoxy) is 1. The summed E-state index contributed by atoms with van der Waals surface area (Å²) in [5.74, 6) is -1.12. The predicted octanol–water partition coefficient (Wildman–Crippen LogP) is 3.55. The van der Waals surface area contributed by atoms with E-state index in [2.05, 4.69) is 0 Å². The molecule has 0 heterocycles. The molecular weight excluding hydrogens is 282 g/mol. The van der Waals surface area contributed by atoms with Gasteiger partial charge in [0.25, 0.3) is 0 Å². The van der Waals surface area contributed by atoms with Crippen molar-refractivity contribution in [1.29, 1.82) is 0 Å². The summed E-state index contributed by atoms with van der Waals surface area (Å²) in [6, 6.07) is 5.27. The van der Waals surface area contributed by atoms with Gasteiger partial charge in [-0.05, 0) is 52.0 Å². The summed E-state index contributed by atoms with van der Waals surface area (Å²) in [5.41, 5.74) is -0.293. The summed E-state index contributed by atoms with van der Waals surface area (Å²) < 4.78 is 5.25. The fourth-order valence-electron chi connectivity index (χ4n) is 1.51. The fourth-order valence-corrected chi connectivity index (χ4v) is 1.64. The lowest BCUT2D eigenvalue weighted by Crippen LogP contribution is -2.46. The van der Waals surface area contributed by atoms with E-state index in [1.54, 1.807) is 45.0 Å². The van der Waals surface area contributed by atoms with Crippen LogP contribution in [0.15, 0.2) is 24.3 Å². The summed E-state index contributed by atoms with van der Waals surface area (Å²) in [4.78, 5) is 24.5. The van der Waals surface area contributed by atoms with Crippen LogP contribution >= 0.6 is 11.6 Å². The topological polar surface area (TPSA) is 66.8 Å². The molecule has 0 aliphatic heterocycles. The van der Waals surface area contributed by atoms with Gasteiger partial charge in [0.1, 0.15) is 11.6 Å². The van der Waals surface area contributed by atoms with Crippen molar-refractivity contribution in [3.05, 3.63) is 29.3 Å². The van der Waals surface area contributed by atoms with Crippen LogP contribution in [0.25, 0.3) is 0 Å². The third-order valence-corrected chi connectivity index (χ3v) is 2.69. The van der Waals surface area contributed by atoms with Crippen molar-refractivity contribution in [2.24, 2.45) is 0 Å². The third kappa shape index (κ3) is 4.42. The van der Waals surface area contributed by atoms with Crippen LogP contribution in [-0.4, -0.2) is 28.8 Å². The molecule has 1 atom stereocenters. The number of aliphatic carboxylic acids is 1. The minimum Gasteiger partial charge on any atom is -0.480 e. The van der Waals surface area contributed by atoms with Crippen LogP contribution in [0, 0.1) is 0 Å². The Labute approximate surface area is 123 Å². The third-order valence-electron chi connectivity index (χ3n) is 2.44. The molecule has 110 valence electrons. The van der Waals surface area contributed by atoms with Gasteiger partial charge in [-0.2, -0.15) is 0 Å². The van der Waals surface area contributed by atoms with Gasteiger partial charge >= 0.3 is 12.1 Å². The van der Waals surface area contributed by atoms with E-state index < -0.39 is 23.7 Å². The number of carbonyl (C=O) groups is 2. The van der Waals surface area contributed by atoms with Crippen LogP contribution in [0.3, 0.4) is 0 Å². The van der Waals surface area contributed by atoms with Crippen LogP contribution < -0.4 is 4.90 Å². The zero-order valence-electron chi connectivity index (χ0n) is 11.9. The van der Waals surface area contributed by atoms with Crippen molar-refractivity contribution >= 4 is 29.4 Å². The quantitative estimate of drug-likeness (QED) is 0.926. The molecule has 5 nitrogen and oxygen atoms in total. The van der Waals surface area contributed by atoms with Crippen molar-refractivity contribution in [2.45, 2.75) is 39.3 Å². The highest BCUT2D eigenvalue weighted by Crippen LogP contribution is 2.23. The van der Waals surface area contributed by atoms with E-state index in [0.29, 0.717) is 10.7 Å². The van der Waals surface area contributed by atoms with Gasteiger partial charge in [-0.25, -0.2) is 9.59 Å². The minimum absolute atomic E-state index is 0.415. The monoisotopic (exact) mass is 299 g/mol. The Morgan fingerprint density at radius 1 is 1.25 bits per heavy atom. The van der Waals surface area contributed by atoms with Gasteiger partial charge in [-0.3, -0.25) is 4.90 Å². The van der Waals surface area contributed by atoms with Gasteiger partial charge in [0.15, 0.2) is 0 Å². The molecule has 0 spiro atoms. The minimum atomic E-state index is -1.12. The molecule has 0 fully saturated rings. The van der Waals surface area contributed by atoms with Gasteiger partial charge in [-0.1, -0.05) is 11.6 Å². The number of benzene rings is 1. The molecule has 0 aliphatic carbocycles. The molecule has 0 bridgehead atoms. The van der Waals surface area contributed by atoms with Crippen LogP contribution in [0.1, 0.15) is 27.7 Å². The molecule has 1 N–H and O–H groups in total. The van der Waals surface area contributed by atoms with E-state index in [0.717, 1.165) is 4.90 Å². The number of rotatable bonds is 3. The fraction of sp³-hybridized carbons (Fsp3) is 0.429. The lowest BCUT2D eigenvalue weighted by atomic mass is 10.2. The maximum atomic E-state index is 12.2. The van der Waals surface area contributed by atoms with Crippen LogP contribution in [0.5, 0.6) is 0 Å². The Morgan fingerprint density at radius 2 is 1.75 bits per heavy atom. The van der Waals surface area contributed by atoms with E-state index in [1.807, 2.05) is 0 Å². The Bertz CT molecular complexity index is 493. The first kappa shape index (κ1) is 16.3. The number of anilines is 1. The Balaban J connectivity index is 3.12. The normalized spacial score (nSPS) is 12.7. The molecule has 1 amide bonds. The zero-order chi connectivity index (χ0) is 15.5. The summed E-state index contributed by atoms with van der Waals surface area (Å²) in [5, 5.41) is 9.64. The van der Waals surface area contributed by atoms with E-state index >= 15 is 0 Å². The van der Waals surface area contributed by atoms with E-state index in [4.69, 9.17) is 21.4 Å². The van der Waals surface area contributed by atoms with Gasteiger partial charge in [0.05, 0.1) is 0 Å². The summed E-state index contributed by atoms with van der Waals surface area (Å²) in [6.45, 7) is 6.57. The first-order chi connectivity index (χ1) is 9.11. The van der Waals surface area contributed by atoms with Gasteiger partial charge in [-0.15, -0.1) is 0 Å². The van der Waals surface area contributed by atoms with Crippen LogP contribution in [0.4, 0.5) is 10.5 Å². The number of nitrogens with zero attached hydrogens (tertiary/aromatic N) is 1. The van der Waals surface area contributed by atoms with Crippen molar-refractivity contribution in [2.75, 3.05) is 4.90 Å². The van der Waals surface area contributed by atoms with Gasteiger partial charge < -0.3 is 9.84 Å². The highest BCUT2D eigenvalue weighted by atomic mass is 35.5. The maximum absolute atomic E-state index is 12.2. The standard InChI is InChI=1S/C14H18ClNO4/c1-9(12(17)18)16(13(19)20-14(2,3)4)11-7-5-10(15)6-8-11/h5-9H,1-4H3,(H,17,18)/t9-/m0/s1. The largest absolute Gasteiger partial charge is 0.480 e. The zero-order valence-corrected chi connectivity index (χ0v) is 12.6. The second kappa shape index (κ2) is 6.13. The number of hydrogen-bond donors (Lipinski definition) is 1. The highest BCUT2D eigenvalue weighted by Gasteiger charge is 2.31. The molecule has 0 saturated carbocycles. The van der Waals surface area contributed by atoms with Gasteiger partial charge in [0, 0.05) is 10.7 Å². The Kier molecular flexibility index (Phi) is 5.00. The number of carboxylic acids is 1. The molecule has 1 aromatic rings. The lowest BCUT2D eigenvalue weighted by Gasteiger charge is -2.29. The molecule has 0 aliphatic rings. The van der Waals surface area contributed by atoms with Crippen molar-refractivity contribution in [3.63, 3.8) is 0 Å². The smallest absolute Gasteiger partial charge is 0.415 e. The maximum Gasteiger partial charge on any atom is 0.415 e. The molecule has 1 aromatic carbocycles. The van der Waals surface area contributed by atoms with E-state index in [9.17, 15) is 9.59 Å². The van der Waals surface area contributed by atoms with Crippen LogP contribution in [-0.2, 0) is 9.53 Å². The second-order valence-electron chi connectivity index (χ2n) is 5.34. The van der Waals surface area contributed by atoms with Crippen molar-refractivity contribution < 1.29 is 19.4 Å². The first-order valence-corrected chi connectivity index (χ1v) is 6.50. The van der Waals surface area contributed by atoms with Crippen molar-refractivity contribution in [3.8, 4) is 0 Å². The molecule has 6 heteroatoms. The molecular formula is C14H18ClNO4. The van der Waals surface area contributed by atoms with E-state index in [-0.39, 0.29) is 0 Å². The average molecular weight is 300 g/mol. The number of hydrogen-bond acceptors (Lipinski definition) is 3. The Hall–Kier alpha value is -1.75. The molecule has 0 radical (unpaired) electrons. The van der Waals surface area contributed by atoms with Gasteiger partial charge in [0.2, 0.25) is 0 Å². The lowest BCUT2D eigenvalue weighted by molar-refractivity contribution is -0.138. The van der Waals surface area contributed by atoms with E-state index in [1.165, 1.54) is 6.92 Å². The van der Waals surface area contributed by atoms with Crippen molar-refractivity contribution in [1.82, 2.24) is 0 Å². The average Bonchev–Trinajstić information content (AvgIpc) is 2.29. The number of carbonyl (C=O) groups excluding carboxylic acids is 1. The second-order valence-corrected chi connectivity index (χ2v) is 5.78. The number of halogens is 1. The molecule has 0 unspecified atom stereocenters. The Morgan fingerprint density at radius 3 is 2.15 bits per heavy atom. The number of amides is 1. The number of carboxylic acid groups (broad SMARTS) is 1. The summed E-state index contributed by atoms with van der Waals surface area (Å²) >= 11 is 5.79. The highest BCUT2D eigenvalue weighted by molar-refractivity contribution is 6.30. The van der Waals surface area contributed by atoms with Crippen LogP contribution in [0.2, 0.25) is 5.02 Å². The molecule has 0 saturated heterocycles. The summed E-state index contributed by atoms with van der Waals surface area (Å²) in [6.07, 6.45) is -0.713. The predicted molar refractivity (Wildman–Crippen MR) is 77.3 cm³/mol. The SMILES string of the molecule is C[C@@H](C(=O)O)N(C(=O)OC(C)(C)C)c1ccc(Cl)cc1. The molecule has 20 heavy (non-hydrogen) atoms. The first-order valence-electron chi connectivity index (χ1n) is 6.12. The molecule has 0 aromatic heterocycles.